The molecule has 0 saturated carbocycles. The van der Waals surface area contributed by atoms with Crippen molar-refractivity contribution in [2.75, 3.05) is 32.7 Å². The second kappa shape index (κ2) is 6.53. The van der Waals surface area contributed by atoms with Crippen molar-refractivity contribution in [1.82, 2.24) is 15.1 Å². The molecule has 4 heteroatoms. The Morgan fingerprint density at radius 3 is 2.61 bits per heavy atom. The molecular formula is C14H27N3O. The van der Waals surface area contributed by atoms with Crippen LogP contribution in [-0.2, 0) is 4.79 Å². The minimum Gasteiger partial charge on any atom is -0.340 e. The van der Waals surface area contributed by atoms with E-state index in [9.17, 15) is 4.79 Å². The second-order valence-corrected chi connectivity index (χ2v) is 5.91. The highest BCUT2D eigenvalue weighted by atomic mass is 16.2. The first-order valence-electron chi connectivity index (χ1n) is 7.42. The summed E-state index contributed by atoms with van der Waals surface area (Å²) < 4.78 is 0. The van der Waals surface area contributed by atoms with Crippen LogP contribution in [0.3, 0.4) is 0 Å². The van der Waals surface area contributed by atoms with E-state index in [-0.39, 0.29) is 5.91 Å². The van der Waals surface area contributed by atoms with Crippen LogP contribution in [0.1, 0.15) is 39.5 Å². The molecule has 0 aliphatic carbocycles. The predicted molar refractivity (Wildman–Crippen MR) is 73.5 cm³/mol. The molecule has 2 fully saturated rings. The van der Waals surface area contributed by atoms with Crippen molar-refractivity contribution in [2.24, 2.45) is 0 Å². The van der Waals surface area contributed by atoms with Crippen molar-refractivity contribution < 1.29 is 4.79 Å². The lowest BCUT2D eigenvalue weighted by atomic mass is 10.0. The Morgan fingerprint density at radius 2 is 1.94 bits per heavy atom. The van der Waals surface area contributed by atoms with E-state index >= 15 is 0 Å². The minimum atomic E-state index is 0.271. The molecule has 18 heavy (non-hydrogen) atoms. The van der Waals surface area contributed by atoms with Gasteiger partial charge in [-0.05, 0) is 38.8 Å². The third kappa shape index (κ3) is 3.69. The fraction of sp³-hybridized carbons (Fsp3) is 0.929. The molecule has 0 bridgehead atoms. The number of carbonyl (C=O) groups is 1. The molecule has 2 saturated heterocycles. The molecule has 1 atom stereocenters. The van der Waals surface area contributed by atoms with E-state index in [2.05, 4.69) is 29.0 Å². The standard InChI is InChI=1S/C14H27N3O/c1-12(2)15-10-14(18)17-9-5-6-13(11-17)16-7-3-4-8-16/h12-13,15H,3-11H2,1-2H3. The number of nitrogens with zero attached hydrogens (tertiary/aromatic N) is 2. The molecule has 0 aromatic heterocycles. The van der Waals surface area contributed by atoms with Crippen LogP contribution in [0.5, 0.6) is 0 Å². The van der Waals surface area contributed by atoms with E-state index in [0.717, 1.165) is 19.5 Å². The van der Waals surface area contributed by atoms with E-state index in [1.165, 1.54) is 32.4 Å². The van der Waals surface area contributed by atoms with E-state index in [1.807, 2.05) is 0 Å². The van der Waals surface area contributed by atoms with Gasteiger partial charge in [0.1, 0.15) is 0 Å². The molecule has 1 unspecified atom stereocenters. The number of hydrogen-bond donors (Lipinski definition) is 1. The summed E-state index contributed by atoms with van der Waals surface area (Å²) in [5.74, 6) is 0.271. The van der Waals surface area contributed by atoms with Gasteiger partial charge in [0.15, 0.2) is 0 Å². The molecule has 0 radical (unpaired) electrons. The molecule has 0 aromatic rings. The van der Waals surface area contributed by atoms with Crippen LogP contribution < -0.4 is 5.32 Å². The predicted octanol–water partition coefficient (Wildman–Crippen LogP) is 1.07. The zero-order valence-electron chi connectivity index (χ0n) is 11.8. The Hall–Kier alpha value is -0.610. The van der Waals surface area contributed by atoms with Gasteiger partial charge in [-0.3, -0.25) is 9.69 Å². The zero-order chi connectivity index (χ0) is 13.0. The summed E-state index contributed by atoms with van der Waals surface area (Å²) in [5.41, 5.74) is 0. The molecule has 0 aromatic carbocycles. The molecule has 2 aliphatic rings. The van der Waals surface area contributed by atoms with Gasteiger partial charge in [0.05, 0.1) is 6.54 Å². The molecule has 4 nitrogen and oxygen atoms in total. The Kier molecular flexibility index (Phi) is 5.01. The van der Waals surface area contributed by atoms with Gasteiger partial charge in [-0.1, -0.05) is 13.8 Å². The fourth-order valence-electron chi connectivity index (χ4n) is 2.99. The number of rotatable bonds is 4. The first kappa shape index (κ1) is 13.8. The van der Waals surface area contributed by atoms with E-state index < -0.39 is 0 Å². The van der Waals surface area contributed by atoms with Gasteiger partial charge in [0.25, 0.3) is 0 Å². The van der Waals surface area contributed by atoms with Gasteiger partial charge in [0.2, 0.25) is 5.91 Å². The van der Waals surface area contributed by atoms with Crippen LogP contribution in [-0.4, -0.2) is 60.5 Å². The smallest absolute Gasteiger partial charge is 0.236 e. The summed E-state index contributed by atoms with van der Waals surface area (Å²) in [7, 11) is 0. The molecule has 1 amide bonds. The van der Waals surface area contributed by atoms with Gasteiger partial charge < -0.3 is 10.2 Å². The van der Waals surface area contributed by atoms with Crippen LogP contribution in [0.2, 0.25) is 0 Å². The van der Waals surface area contributed by atoms with E-state index in [1.54, 1.807) is 0 Å². The number of hydrogen-bond acceptors (Lipinski definition) is 3. The van der Waals surface area contributed by atoms with Crippen LogP contribution >= 0.6 is 0 Å². The minimum absolute atomic E-state index is 0.271. The summed E-state index contributed by atoms with van der Waals surface area (Å²) >= 11 is 0. The summed E-state index contributed by atoms with van der Waals surface area (Å²) in [4.78, 5) is 16.7. The third-order valence-electron chi connectivity index (χ3n) is 4.07. The molecular weight excluding hydrogens is 226 g/mol. The van der Waals surface area contributed by atoms with E-state index in [4.69, 9.17) is 0 Å². The topological polar surface area (TPSA) is 35.6 Å². The van der Waals surface area contributed by atoms with Crippen LogP contribution in [0.25, 0.3) is 0 Å². The van der Waals surface area contributed by atoms with Crippen LogP contribution in [0, 0.1) is 0 Å². The number of likely N-dealkylation sites (tertiary alicyclic amines) is 2. The maximum absolute atomic E-state index is 12.1. The highest BCUT2D eigenvalue weighted by Gasteiger charge is 2.28. The molecule has 0 spiro atoms. The van der Waals surface area contributed by atoms with Crippen molar-refractivity contribution in [3.8, 4) is 0 Å². The summed E-state index contributed by atoms with van der Waals surface area (Å²) in [6, 6.07) is 0.998. The third-order valence-corrected chi connectivity index (χ3v) is 4.07. The molecule has 2 rings (SSSR count). The van der Waals surface area contributed by atoms with Gasteiger partial charge in [-0.15, -0.1) is 0 Å². The summed E-state index contributed by atoms with van der Waals surface area (Å²) in [6.45, 7) is 9.01. The molecule has 2 heterocycles. The normalized spacial score (nSPS) is 25.9. The largest absolute Gasteiger partial charge is 0.340 e. The SMILES string of the molecule is CC(C)NCC(=O)N1CCCC(N2CCCC2)C1. The lowest BCUT2D eigenvalue weighted by Gasteiger charge is -2.37. The molecule has 2 aliphatic heterocycles. The van der Waals surface area contributed by atoms with Crippen LogP contribution in [0.4, 0.5) is 0 Å². The average molecular weight is 253 g/mol. The first-order chi connectivity index (χ1) is 8.66. The quantitative estimate of drug-likeness (QED) is 0.814. The Balaban J connectivity index is 1.80. The monoisotopic (exact) mass is 253 g/mol. The number of piperidine rings is 1. The van der Waals surface area contributed by atoms with E-state index in [0.29, 0.717) is 18.6 Å². The first-order valence-corrected chi connectivity index (χ1v) is 7.42. The van der Waals surface area contributed by atoms with Crippen molar-refractivity contribution in [3.05, 3.63) is 0 Å². The number of carbonyl (C=O) groups excluding carboxylic acids is 1. The highest BCUT2D eigenvalue weighted by molar-refractivity contribution is 5.78. The maximum Gasteiger partial charge on any atom is 0.236 e. The van der Waals surface area contributed by atoms with Crippen molar-refractivity contribution in [3.63, 3.8) is 0 Å². The number of amides is 1. The number of nitrogens with one attached hydrogen (secondary N) is 1. The van der Waals surface area contributed by atoms with Gasteiger partial charge in [-0.2, -0.15) is 0 Å². The Morgan fingerprint density at radius 1 is 1.22 bits per heavy atom. The highest BCUT2D eigenvalue weighted by Crippen LogP contribution is 2.20. The zero-order valence-corrected chi connectivity index (χ0v) is 11.8. The van der Waals surface area contributed by atoms with Gasteiger partial charge >= 0.3 is 0 Å². The lowest BCUT2D eigenvalue weighted by molar-refractivity contribution is -0.132. The second-order valence-electron chi connectivity index (χ2n) is 5.91. The van der Waals surface area contributed by atoms with Gasteiger partial charge in [-0.25, -0.2) is 0 Å². The summed E-state index contributed by atoms with van der Waals surface area (Å²) in [6.07, 6.45) is 5.09. The fourth-order valence-corrected chi connectivity index (χ4v) is 2.99. The molecule has 104 valence electrons. The van der Waals surface area contributed by atoms with Crippen LogP contribution in [0.15, 0.2) is 0 Å². The lowest BCUT2D eigenvalue weighted by Crippen LogP contribution is -2.51. The maximum atomic E-state index is 12.1. The summed E-state index contributed by atoms with van der Waals surface area (Å²) in [5, 5.41) is 3.22. The van der Waals surface area contributed by atoms with Crippen molar-refractivity contribution >= 4 is 5.91 Å². The Bertz CT molecular complexity index is 274. The molecule has 1 N–H and O–H groups in total. The van der Waals surface area contributed by atoms with Crippen molar-refractivity contribution in [2.45, 2.75) is 51.6 Å². The van der Waals surface area contributed by atoms with Crippen molar-refractivity contribution in [1.29, 1.82) is 0 Å². The Labute approximate surface area is 111 Å². The average Bonchev–Trinajstić information content (AvgIpc) is 2.90. The van der Waals surface area contributed by atoms with Gasteiger partial charge in [0, 0.05) is 25.2 Å².